The van der Waals surface area contributed by atoms with E-state index in [1.165, 1.54) is 0 Å². The van der Waals surface area contributed by atoms with Crippen LogP contribution in [0.25, 0.3) is 0 Å². The predicted octanol–water partition coefficient (Wildman–Crippen LogP) is 1.51. The van der Waals surface area contributed by atoms with Crippen LogP contribution in [0.1, 0.15) is 39.5 Å². The van der Waals surface area contributed by atoms with Crippen LogP contribution in [-0.4, -0.2) is 36.5 Å². The number of carbonyl (C=O) groups excluding carboxylic acids is 1. The molecule has 0 aromatic rings. The number of fused-ring (bicyclic) bond motifs is 2. The second-order valence-electron chi connectivity index (χ2n) is 5.54. The molecule has 0 aromatic heterocycles. The molecule has 2 bridgehead atoms. The normalized spacial score (nSPS) is 34.6. The summed E-state index contributed by atoms with van der Waals surface area (Å²) in [6.07, 6.45) is 4.53. The van der Waals surface area contributed by atoms with E-state index in [1.807, 2.05) is 6.92 Å². The van der Waals surface area contributed by atoms with Gasteiger partial charge in [0.2, 0.25) is 0 Å². The summed E-state index contributed by atoms with van der Waals surface area (Å²) in [5.74, 6) is 0.0720. The van der Waals surface area contributed by atoms with Gasteiger partial charge in [-0.2, -0.15) is 0 Å². The molecule has 4 atom stereocenters. The SMILES string of the molecule is CCC(C)(CO)C(=O)OCC1CC2CCC1O2. The van der Waals surface area contributed by atoms with Crippen LogP contribution in [0.5, 0.6) is 0 Å². The zero-order chi connectivity index (χ0) is 12.5. The van der Waals surface area contributed by atoms with Crippen molar-refractivity contribution in [2.45, 2.75) is 51.7 Å². The van der Waals surface area contributed by atoms with E-state index in [0.29, 0.717) is 25.0 Å². The van der Waals surface area contributed by atoms with Gasteiger partial charge >= 0.3 is 5.97 Å². The van der Waals surface area contributed by atoms with Crippen LogP contribution in [0.4, 0.5) is 0 Å². The van der Waals surface area contributed by atoms with Crippen molar-refractivity contribution in [1.82, 2.24) is 0 Å². The van der Waals surface area contributed by atoms with Gasteiger partial charge in [0.25, 0.3) is 0 Å². The molecular weight excluding hydrogens is 220 g/mol. The van der Waals surface area contributed by atoms with Crippen LogP contribution in [-0.2, 0) is 14.3 Å². The first kappa shape index (κ1) is 12.8. The second kappa shape index (κ2) is 4.94. The maximum absolute atomic E-state index is 11.9. The quantitative estimate of drug-likeness (QED) is 0.742. The molecule has 0 saturated carbocycles. The third-order valence-corrected chi connectivity index (χ3v) is 4.28. The molecule has 2 saturated heterocycles. The Morgan fingerprint density at radius 2 is 2.29 bits per heavy atom. The molecule has 0 spiro atoms. The Morgan fingerprint density at radius 3 is 2.76 bits per heavy atom. The van der Waals surface area contributed by atoms with Crippen molar-refractivity contribution in [3.05, 3.63) is 0 Å². The van der Waals surface area contributed by atoms with Gasteiger partial charge in [0.15, 0.2) is 0 Å². The molecule has 98 valence electrons. The number of aliphatic hydroxyl groups is 1. The maximum Gasteiger partial charge on any atom is 0.314 e. The summed E-state index contributed by atoms with van der Waals surface area (Å²) in [6, 6.07) is 0. The highest BCUT2D eigenvalue weighted by molar-refractivity contribution is 5.76. The fourth-order valence-electron chi connectivity index (χ4n) is 2.60. The van der Waals surface area contributed by atoms with Gasteiger partial charge in [-0.1, -0.05) is 6.92 Å². The smallest absolute Gasteiger partial charge is 0.314 e. The molecule has 4 unspecified atom stereocenters. The van der Waals surface area contributed by atoms with Crippen molar-refractivity contribution < 1.29 is 19.4 Å². The van der Waals surface area contributed by atoms with Crippen molar-refractivity contribution in [2.75, 3.05) is 13.2 Å². The number of carbonyl (C=O) groups is 1. The average molecular weight is 242 g/mol. The molecule has 4 nitrogen and oxygen atoms in total. The van der Waals surface area contributed by atoms with Gasteiger partial charge in [-0.3, -0.25) is 4.79 Å². The molecule has 4 heteroatoms. The lowest BCUT2D eigenvalue weighted by molar-refractivity contribution is -0.159. The number of ether oxygens (including phenoxy) is 2. The minimum absolute atomic E-state index is 0.157. The summed E-state index contributed by atoms with van der Waals surface area (Å²) in [5.41, 5.74) is -0.752. The fourth-order valence-corrected chi connectivity index (χ4v) is 2.60. The lowest BCUT2D eigenvalue weighted by Crippen LogP contribution is -2.35. The highest BCUT2D eigenvalue weighted by atomic mass is 16.5. The third kappa shape index (κ3) is 2.47. The van der Waals surface area contributed by atoms with Gasteiger partial charge in [0.05, 0.1) is 30.8 Å². The Bertz CT molecular complexity index is 285. The Morgan fingerprint density at radius 1 is 1.53 bits per heavy atom. The first-order valence-electron chi connectivity index (χ1n) is 6.52. The van der Waals surface area contributed by atoms with Crippen LogP contribution < -0.4 is 0 Å². The summed E-state index contributed by atoms with van der Waals surface area (Å²) in [4.78, 5) is 11.9. The van der Waals surface area contributed by atoms with E-state index in [2.05, 4.69) is 0 Å². The number of esters is 1. The van der Waals surface area contributed by atoms with Gasteiger partial charge < -0.3 is 14.6 Å². The number of rotatable bonds is 5. The van der Waals surface area contributed by atoms with Crippen molar-refractivity contribution >= 4 is 5.97 Å². The van der Waals surface area contributed by atoms with E-state index in [0.717, 1.165) is 19.3 Å². The summed E-state index contributed by atoms with van der Waals surface area (Å²) in [5, 5.41) is 9.23. The molecule has 2 aliphatic heterocycles. The molecule has 2 fully saturated rings. The van der Waals surface area contributed by atoms with Crippen LogP contribution in [0.3, 0.4) is 0 Å². The van der Waals surface area contributed by atoms with Crippen LogP contribution in [0.2, 0.25) is 0 Å². The molecule has 2 rings (SSSR count). The minimum Gasteiger partial charge on any atom is -0.465 e. The van der Waals surface area contributed by atoms with E-state index >= 15 is 0 Å². The molecular formula is C13H22O4. The number of aliphatic hydroxyl groups excluding tert-OH is 1. The number of hydrogen-bond donors (Lipinski definition) is 1. The maximum atomic E-state index is 11.9. The monoisotopic (exact) mass is 242 g/mol. The first-order valence-corrected chi connectivity index (χ1v) is 6.52. The molecule has 1 N–H and O–H groups in total. The molecule has 17 heavy (non-hydrogen) atoms. The van der Waals surface area contributed by atoms with Crippen molar-refractivity contribution in [3.8, 4) is 0 Å². The van der Waals surface area contributed by atoms with E-state index in [4.69, 9.17) is 9.47 Å². The van der Waals surface area contributed by atoms with Gasteiger partial charge in [-0.25, -0.2) is 0 Å². The van der Waals surface area contributed by atoms with Crippen molar-refractivity contribution in [2.24, 2.45) is 11.3 Å². The largest absolute Gasteiger partial charge is 0.465 e. The number of hydrogen-bond acceptors (Lipinski definition) is 4. The van der Waals surface area contributed by atoms with Crippen molar-refractivity contribution in [1.29, 1.82) is 0 Å². The lowest BCUT2D eigenvalue weighted by Gasteiger charge is -2.25. The lowest BCUT2D eigenvalue weighted by atomic mass is 9.88. The van der Waals surface area contributed by atoms with Crippen molar-refractivity contribution in [3.63, 3.8) is 0 Å². The van der Waals surface area contributed by atoms with E-state index in [1.54, 1.807) is 6.92 Å². The summed E-state index contributed by atoms with van der Waals surface area (Å²) < 4.78 is 11.1. The third-order valence-electron chi connectivity index (χ3n) is 4.28. The summed E-state index contributed by atoms with van der Waals surface area (Å²) in [6.45, 7) is 3.91. The Hall–Kier alpha value is -0.610. The van der Waals surface area contributed by atoms with Gasteiger partial charge in [0.1, 0.15) is 0 Å². The van der Waals surface area contributed by atoms with E-state index in [-0.39, 0.29) is 18.7 Å². The highest BCUT2D eigenvalue weighted by Gasteiger charge is 2.42. The van der Waals surface area contributed by atoms with E-state index < -0.39 is 5.41 Å². The summed E-state index contributed by atoms with van der Waals surface area (Å²) in [7, 11) is 0. The van der Waals surface area contributed by atoms with Crippen LogP contribution >= 0.6 is 0 Å². The Labute approximate surface area is 102 Å². The molecule has 2 aliphatic rings. The molecule has 0 aliphatic carbocycles. The summed E-state index contributed by atoms with van der Waals surface area (Å²) >= 11 is 0. The topological polar surface area (TPSA) is 55.8 Å². The van der Waals surface area contributed by atoms with Crippen LogP contribution in [0.15, 0.2) is 0 Å². The molecule has 0 aromatic carbocycles. The molecule has 2 heterocycles. The Balaban J connectivity index is 1.80. The van der Waals surface area contributed by atoms with Gasteiger partial charge in [-0.15, -0.1) is 0 Å². The molecule has 0 radical (unpaired) electrons. The molecule has 0 amide bonds. The standard InChI is InChI=1S/C13H22O4/c1-3-13(2,8-14)12(15)16-7-9-6-10-4-5-11(9)17-10/h9-11,14H,3-8H2,1-2H3. The minimum atomic E-state index is -0.752. The highest BCUT2D eigenvalue weighted by Crippen LogP contribution is 2.39. The average Bonchev–Trinajstić information content (AvgIpc) is 2.96. The second-order valence-corrected chi connectivity index (χ2v) is 5.54. The Kier molecular flexibility index (Phi) is 3.73. The van der Waals surface area contributed by atoms with Gasteiger partial charge in [-0.05, 0) is 32.6 Å². The van der Waals surface area contributed by atoms with Crippen LogP contribution in [0, 0.1) is 11.3 Å². The zero-order valence-corrected chi connectivity index (χ0v) is 10.6. The van der Waals surface area contributed by atoms with Gasteiger partial charge in [0, 0.05) is 5.92 Å². The van der Waals surface area contributed by atoms with E-state index in [9.17, 15) is 9.90 Å². The fraction of sp³-hybridized carbons (Fsp3) is 0.923. The zero-order valence-electron chi connectivity index (χ0n) is 10.6. The predicted molar refractivity (Wildman–Crippen MR) is 62.4 cm³/mol. The first-order chi connectivity index (χ1) is 8.09.